The van der Waals surface area contributed by atoms with Crippen LogP contribution < -0.4 is 5.32 Å². The molecule has 0 aromatic heterocycles. The summed E-state index contributed by atoms with van der Waals surface area (Å²) in [4.78, 5) is 14.5. The predicted octanol–water partition coefficient (Wildman–Crippen LogP) is 2.93. The molecular weight excluding hydrogens is 374 g/mol. The molecule has 0 heterocycles. The van der Waals surface area contributed by atoms with Gasteiger partial charge in [-0.2, -0.15) is 0 Å². The Labute approximate surface area is 168 Å². The lowest BCUT2D eigenvalue weighted by molar-refractivity contribution is -0.117. The first-order valence-electron chi connectivity index (χ1n) is 9.08. The van der Waals surface area contributed by atoms with Crippen LogP contribution in [0.2, 0.25) is 0 Å². The van der Waals surface area contributed by atoms with Gasteiger partial charge in [0.25, 0.3) is 0 Å². The van der Waals surface area contributed by atoms with Crippen molar-refractivity contribution in [2.24, 2.45) is 0 Å². The summed E-state index contributed by atoms with van der Waals surface area (Å²) in [5.41, 5.74) is 4.69. The molecule has 0 saturated carbocycles. The molecular formula is C21H29N3O3S. The van der Waals surface area contributed by atoms with E-state index in [2.05, 4.69) is 37.4 Å². The predicted molar refractivity (Wildman–Crippen MR) is 113 cm³/mol. The molecule has 0 saturated heterocycles. The third-order valence-electron chi connectivity index (χ3n) is 4.58. The number of carbonyl (C=O) groups is 1. The fourth-order valence-corrected chi connectivity index (χ4v) is 4.11. The van der Waals surface area contributed by atoms with E-state index in [9.17, 15) is 13.2 Å². The number of nitrogens with zero attached hydrogens (tertiary/aromatic N) is 2. The number of sulfonamides is 1. The smallest absolute Gasteiger partial charge is 0.242 e. The van der Waals surface area contributed by atoms with Crippen molar-refractivity contribution in [3.63, 3.8) is 0 Å². The maximum atomic E-state index is 12.4. The van der Waals surface area contributed by atoms with Gasteiger partial charge in [-0.3, -0.25) is 9.69 Å². The summed E-state index contributed by atoms with van der Waals surface area (Å²) in [6, 6.07) is 11.2. The molecule has 0 aliphatic rings. The van der Waals surface area contributed by atoms with Gasteiger partial charge in [0.05, 0.1) is 11.4 Å². The van der Waals surface area contributed by atoms with Crippen LogP contribution in [0.15, 0.2) is 41.3 Å². The average Bonchev–Trinajstić information content (AvgIpc) is 2.58. The van der Waals surface area contributed by atoms with Gasteiger partial charge in [-0.05, 0) is 56.6 Å². The minimum atomic E-state index is -3.57. The number of hydrogen-bond donors (Lipinski definition) is 1. The molecule has 2 aromatic carbocycles. The number of benzene rings is 2. The zero-order valence-corrected chi connectivity index (χ0v) is 18.2. The first kappa shape index (κ1) is 22.1. The van der Waals surface area contributed by atoms with Gasteiger partial charge in [0.15, 0.2) is 0 Å². The Morgan fingerprint density at radius 1 is 0.964 bits per heavy atom. The van der Waals surface area contributed by atoms with E-state index in [1.165, 1.54) is 41.2 Å². The quantitative estimate of drug-likeness (QED) is 0.772. The Hall–Kier alpha value is -2.22. The molecule has 0 spiro atoms. The molecule has 6 nitrogen and oxygen atoms in total. The van der Waals surface area contributed by atoms with Crippen LogP contribution in [0.25, 0.3) is 0 Å². The number of nitrogens with one attached hydrogen (secondary N) is 1. The second kappa shape index (κ2) is 8.86. The summed E-state index contributed by atoms with van der Waals surface area (Å²) in [7, 11) is 1.29. The standard InChI is InChI=1S/C21H29N3O3S/c1-15-7-9-18(17(3)11-15)13-24(6)14-21(25)22-19-10-8-16(2)20(12-19)28(26,27)23(4)5/h7-12H,13-14H2,1-6H3,(H,22,25). The summed E-state index contributed by atoms with van der Waals surface area (Å²) < 4.78 is 26.0. The van der Waals surface area contributed by atoms with Gasteiger partial charge in [0.2, 0.25) is 15.9 Å². The van der Waals surface area contributed by atoms with E-state index >= 15 is 0 Å². The summed E-state index contributed by atoms with van der Waals surface area (Å²) >= 11 is 0. The number of hydrogen-bond acceptors (Lipinski definition) is 4. The number of amides is 1. The highest BCUT2D eigenvalue weighted by molar-refractivity contribution is 7.89. The van der Waals surface area contributed by atoms with Crippen molar-refractivity contribution in [3.05, 3.63) is 58.7 Å². The van der Waals surface area contributed by atoms with Crippen molar-refractivity contribution in [1.82, 2.24) is 9.21 Å². The maximum Gasteiger partial charge on any atom is 0.242 e. The number of aryl methyl sites for hydroxylation is 3. The van der Waals surface area contributed by atoms with Crippen LogP contribution in [0, 0.1) is 20.8 Å². The van der Waals surface area contributed by atoms with E-state index in [-0.39, 0.29) is 17.3 Å². The van der Waals surface area contributed by atoms with Gasteiger partial charge in [0.1, 0.15) is 0 Å². The second-order valence-electron chi connectivity index (χ2n) is 7.42. The van der Waals surface area contributed by atoms with E-state index < -0.39 is 10.0 Å². The van der Waals surface area contributed by atoms with Crippen molar-refractivity contribution in [2.45, 2.75) is 32.2 Å². The molecule has 0 aliphatic carbocycles. The molecule has 0 radical (unpaired) electrons. The zero-order valence-electron chi connectivity index (χ0n) is 17.4. The Bertz CT molecular complexity index is 969. The van der Waals surface area contributed by atoms with Gasteiger partial charge < -0.3 is 5.32 Å². The monoisotopic (exact) mass is 403 g/mol. The molecule has 2 rings (SSSR count). The van der Waals surface area contributed by atoms with Crippen molar-refractivity contribution >= 4 is 21.6 Å². The van der Waals surface area contributed by atoms with Crippen LogP contribution >= 0.6 is 0 Å². The lowest BCUT2D eigenvalue weighted by Gasteiger charge is -2.19. The zero-order chi connectivity index (χ0) is 21.1. The van der Waals surface area contributed by atoms with Gasteiger partial charge in [-0.25, -0.2) is 12.7 Å². The first-order valence-corrected chi connectivity index (χ1v) is 10.5. The minimum Gasteiger partial charge on any atom is -0.325 e. The SMILES string of the molecule is Cc1ccc(CN(C)CC(=O)Nc2ccc(C)c(S(=O)(=O)N(C)C)c2)c(C)c1. The molecule has 0 aliphatic heterocycles. The molecule has 2 aromatic rings. The van der Waals surface area contributed by atoms with Crippen LogP contribution in [-0.2, 0) is 21.4 Å². The van der Waals surface area contributed by atoms with E-state index in [0.717, 1.165) is 0 Å². The summed E-state index contributed by atoms with van der Waals surface area (Å²) in [6.45, 7) is 6.72. The minimum absolute atomic E-state index is 0.190. The maximum absolute atomic E-state index is 12.4. The number of carbonyl (C=O) groups excluding carboxylic acids is 1. The van der Waals surface area contributed by atoms with Crippen LogP contribution in [0.1, 0.15) is 22.3 Å². The molecule has 0 bridgehead atoms. The highest BCUT2D eigenvalue weighted by atomic mass is 32.2. The molecule has 7 heteroatoms. The van der Waals surface area contributed by atoms with E-state index in [4.69, 9.17) is 0 Å². The molecule has 152 valence electrons. The molecule has 0 fully saturated rings. The van der Waals surface area contributed by atoms with Crippen LogP contribution in [0.4, 0.5) is 5.69 Å². The van der Waals surface area contributed by atoms with Crippen molar-refractivity contribution in [1.29, 1.82) is 0 Å². The lowest BCUT2D eigenvalue weighted by atomic mass is 10.1. The number of rotatable bonds is 7. The largest absolute Gasteiger partial charge is 0.325 e. The highest BCUT2D eigenvalue weighted by Crippen LogP contribution is 2.22. The van der Waals surface area contributed by atoms with E-state index in [0.29, 0.717) is 17.8 Å². The Morgan fingerprint density at radius 3 is 2.25 bits per heavy atom. The molecule has 28 heavy (non-hydrogen) atoms. The summed E-state index contributed by atoms with van der Waals surface area (Å²) in [6.07, 6.45) is 0. The Kier molecular flexibility index (Phi) is 6.98. The average molecular weight is 404 g/mol. The summed E-state index contributed by atoms with van der Waals surface area (Å²) in [5, 5.41) is 2.80. The lowest BCUT2D eigenvalue weighted by Crippen LogP contribution is -2.30. The third kappa shape index (κ3) is 5.41. The molecule has 0 atom stereocenters. The van der Waals surface area contributed by atoms with E-state index in [1.807, 2.05) is 11.9 Å². The molecule has 1 N–H and O–H groups in total. The van der Waals surface area contributed by atoms with Gasteiger partial charge in [0, 0.05) is 26.3 Å². The molecule has 0 unspecified atom stereocenters. The highest BCUT2D eigenvalue weighted by Gasteiger charge is 2.20. The topological polar surface area (TPSA) is 69.7 Å². The Balaban J connectivity index is 2.06. The van der Waals surface area contributed by atoms with Crippen LogP contribution in [-0.4, -0.2) is 51.2 Å². The first-order chi connectivity index (χ1) is 13.0. The van der Waals surface area contributed by atoms with Crippen LogP contribution in [0.5, 0.6) is 0 Å². The Morgan fingerprint density at radius 2 is 1.64 bits per heavy atom. The normalized spacial score (nSPS) is 11.9. The second-order valence-corrected chi connectivity index (χ2v) is 9.54. The van der Waals surface area contributed by atoms with Gasteiger partial charge >= 0.3 is 0 Å². The van der Waals surface area contributed by atoms with Gasteiger partial charge in [-0.1, -0.05) is 29.8 Å². The van der Waals surface area contributed by atoms with Crippen molar-refractivity contribution < 1.29 is 13.2 Å². The number of anilines is 1. The van der Waals surface area contributed by atoms with Crippen molar-refractivity contribution in [3.8, 4) is 0 Å². The van der Waals surface area contributed by atoms with Crippen molar-refractivity contribution in [2.75, 3.05) is 33.0 Å². The fourth-order valence-electron chi connectivity index (χ4n) is 2.97. The van der Waals surface area contributed by atoms with Gasteiger partial charge in [-0.15, -0.1) is 0 Å². The summed E-state index contributed by atoms with van der Waals surface area (Å²) in [5.74, 6) is -0.190. The fraction of sp³-hybridized carbons (Fsp3) is 0.381. The molecule has 1 amide bonds. The van der Waals surface area contributed by atoms with Crippen LogP contribution in [0.3, 0.4) is 0 Å². The number of likely N-dealkylation sites (N-methyl/N-ethyl adjacent to an activating group) is 1. The van der Waals surface area contributed by atoms with E-state index in [1.54, 1.807) is 19.1 Å². The third-order valence-corrected chi connectivity index (χ3v) is 6.54.